The van der Waals surface area contributed by atoms with Crippen molar-refractivity contribution in [1.82, 2.24) is 19.4 Å². The van der Waals surface area contributed by atoms with E-state index in [1.54, 1.807) is 6.20 Å². The van der Waals surface area contributed by atoms with Crippen LogP contribution < -0.4 is 5.73 Å². The molecule has 0 radical (unpaired) electrons. The molecule has 1 aliphatic rings. The fraction of sp³-hybridized carbons (Fsp3) is 0.192. The van der Waals surface area contributed by atoms with Crippen molar-refractivity contribution in [3.8, 4) is 22.5 Å². The van der Waals surface area contributed by atoms with E-state index in [4.69, 9.17) is 15.7 Å². The van der Waals surface area contributed by atoms with Gasteiger partial charge >= 0.3 is 0 Å². The van der Waals surface area contributed by atoms with E-state index in [-0.39, 0.29) is 6.61 Å². The molecule has 0 amide bonds. The van der Waals surface area contributed by atoms with E-state index in [0.717, 1.165) is 57.6 Å². The van der Waals surface area contributed by atoms with Gasteiger partial charge in [0.1, 0.15) is 22.9 Å². The maximum absolute atomic E-state index is 9.43. The monoisotopic (exact) mass is 421 g/mol. The molecule has 1 aliphatic carbocycles. The number of nitrogens with two attached hydrogens (primary N) is 1. The Bertz CT molecular complexity index is 1440. The third kappa shape index (κ3) is 3.03. The van der Waals surface area contributed by atoms with Gasteiger partial charge in [-0.2, -0.15) is 0 Å². The highest BCUT2D eigenvalue weighted by atomic mass is 16.3. The second kappa shape index (κ2) is 7.43. The lowest BCUT2D eigenvalue weighted by atomic mass is 9.75. The Morgan fingerprint density at radius 1 is 0.969 bits per heavy atom. The van der Waals surface area contributed by atoms with Crippen LogP contribution in [0.1, 0.15) is 24.6 Å². The van der Waals surface area contributed by atoms with E-state index in [9.17, 15) is 5.11 Å². The first-order valence-corrected chi connectivity index (χ1v) is 10.9. The van der Waals surface area contributed by atoms with Gasteiger partial charge in [-0.3, -0.25) is 4.40 Å². The first-order chi connectivity index (χ1) is 15.7. The van der Waals surface area contributed by atoms with Crippen LogP contribution in [0.25, 0.3) is 38.9 Å². The summed E-state index contributed by atoms with van der Waals surface area (Å²) in [5, 5.41) is 10.5. The summed E-state index contributed by atoms with van der Waals surface area (Å²) in [5.41, 5.74) is 11.9. The maximum Gasteiger partial charge on any atom is 0.150 e. The quantitative estimate of drug-likeness (QED) is 0.440. The van der Waals surface area contributed by atoms with Crippen molar-refractivity contribution in [3.05, 3.63) is 78.9 Å². The number of benzene rings is 2. The average Bonchev–Trinajstić information content (AvgIpc) is 3.19. The summed E-state index contributed by atoms with van der Waals surface area (Å²) in [6.45, 7) is 0.233. The molecule has 1 saturated carbocycles. The minimum Gasteiger partial charge on any atom is -0.396 e. The van der Waals surface area contributed by atoms with Crippen molar-refractivity contribution in [2.75, 3.05) is 12.3 Å². The lowest BCUT2D eigenvalue weighted by molar-refractivity contribution is 0.138. The zero-order valence-electron chi connectivity index (χ0n) is 17.5. The van der Waals surface area contributed by atoms with Crippen LogP contribution in [0.5, 0.6) is 0 Å². The molecule has 0 bridgehead atoms. The first kappa shape index (κ1) is 19.0. The Balaban J connectivity index is 1.49. The molecule has 6 nitrogen and oxygen atoms in total. The Labute approximate surface area is 185 Å². The number of aromatic nitrogens is 4. The molecule has 3 aromatic heterocycles. The number of imidazole rings is 1. The van der Waals surface area contributed by atoms with Crippen LogP contribution in [-0.4, -0.2) is 31.1 Å². The number of nitrogens with zero attached hydrogens (tertiary/aromatic N) is 4. The molecule has 32 heavy (non-hydrogen) atoms. The molecule has 2 aromatic carbocycles. The predicted molar refractivity (Wildman–Crippen MR) is 126 cm³/mol. The largest absolute Gasteiger partial charge is 0.396 e. The summed E-state index contributed by atoms with van der Waals surface area (Å²) >= 11 is 0. The lowest BCUT2D eigenvalue weighted by Gasteiger charge is -2.32. The van der Waals surface area contributed by atoms with Gasteiger partial charge in [0.15, 0.2) is 0 Å². The molecule has 158 valence electrons. The van der Waals surface area contributed by atoms with E-state index in [2.05, 4.69) is 51.8 Å². The number of aliphatic hydroxyl groups is 1. The third-order valence-electron chi connectivity index (χ3n) is 6.50. The molecule has 0 saturated heterocycles. The molecule has 0 spiro atoms. The molecule has 0 aliphatic heterocycles. The molecule has 3 N–H and O–H groups in total. The van der Waals surface area contributed by atoms with Gasteiger partial charge in [-0.25, -0.2) is 15.0 Å². The van der Waals surface area contributed by atoms with Crippen molar-refractivity contribution in [2.24, 2.45) is 5.92 Å². The topological polar surface area (TPSA) is 89.3 Å². The number of hydrogen-bond acceptors (Lipinski definition) is 5. The number of rotatable bonds is 4. The van der Waals surface area contributed by atoms with Crippen LogP contribution in [0.2, 0.25) is 0 Å². The van der Waals surface area contributed by atoms with Crippen molar-refractivity contribution < 1.29 is 5.11 Å². The summed E-state index contributed by atoms with van der Waals surface area (Å²) in [5.74, 6) is 2.12. The van der Waals surface area contributed by atoms with Gasteiger partial charge in [0.2, 0.25) is 0 Å². The zero-order chi connectivity index (χ0) is 21.7. The number of anilines is 1. The smallest absolute Gasteiger partial charge is 0.150 e. The zero-order valence-corrected chi connectivity index (χ0v) is 17.5. The highest BCUT2D eigenvalue weighted by Gasteiger charge is 2.33. The SMILES string of the molecule is Nc1nccn2c(C3CC(CO)C3)nc(-c3ccc4ccc(-c5ccccc5)nc4c3)c12. The minimum absolute atomic E-state index is 0.233. The molecule has 1 fully saturated rings. The van der Waals surface area contributed by atoms with Gasteiger partial charge in [-0.1, -0.05) is 48.5 Å². The number of fused-ring (bicyclic) bond motifs is 2. The van der Waals surface area contributed by atoms with Crippen LogP contribution in [-0.2, 0) is 0 Å². The molecular weight excluding hydrogens is 398 g/mol. The number of hydrogen-bond donors (Lipinski definition) is 2. The molecule has 5 aromatic rings. The predicted octanol–water partition coefficient (Wildman–Crippen LogP) is 4.68. The Morgan fingerprint density at radius 2 is 1.78 bits per heavy atom. The fourth-order valence-corrected chi connectivity index (χ4v) is 4.71. The molecular formula is C26H23N5O. The van der Waals surface area contributed by atoms with Gasteiger partial charge in [0.05, 0.1) is 11.2 Å². The Morgan fingerprint density at radius 3 is 2.59 bits per heavy atom. The standard InChI is InChI=1S/C26H23N5O/c27-25-24-23(30-26(31(24)11-10-28-25)20-12-16(13-20)15-32)19-7-6-18-8-9-21(29-22(18)14-19)17-4-2-1-3-5-17/h1-11,14,16,20,32H,12-13,15H2,(H2,27,28). The van der Waals surface area contributed by atoms with Gasteiger partial charge in [0, 0.05) is 41.4 Å². The van der Waals surface area contributed by atoms with Crippen molar-refractivity contribution in [1.29, 1.82) is 0 Å². The minimum atomic E-state index is 0.233. The molecule has 0 unspecified atom stereocenters. The summed E-state index contributed by atoms with van der Waals surface area (Å²) in [6, 6.07) is 20.6. The summed E-state index contributed by atoms with van der Waals surface area (Å²) in [7, 11) is 0. The second-order valence-corrected chi connectivity index (χ2v) is 8.54. The Hall–Kier alpha value is -3.77. The van der Waals surface area contributed by atoms with Crippen LogP contribution in [0.15, 0.2) is 73.1 Å². The number of aliphatic hydroxyl groups excluding tert-OH is 1. The maximum atomic E-state index is 9.43. The van der Waals surface area contributed by atoms with Crippen molar-refractivity contribution >= 4 is 22.2 Å². The summed E-state index contributed by atoms with van der Waals surface area (Å²) in [4.78, 5) is 14.3. The van der Waals surface area contributed by atoms with Gasteiger partial charge in [0.25, 0.3) is 0 Å². The number of pyridine rings is 1. The summed E-state index contributed by atoms with van der Waals surface area (Å²) in [6.07, 6.45) is 5.53. The first-order valence-electron chi connectivity index (χ1n) is 10.9. The molecule has 6 heteroatoms. The third-order valence-corrected chi connectivity index (χ3v) is 6.50. The lowest BCUT2D eigenvalue weighted by Crippen LogP contribution is -2.26. The Kier molecular flexibility index (Phi) is 4.40. The highest BCUT2D eigenvalue weighted by Crippen LogP contribution is 2.43. The van der Waals surface area contributed by atoms with Gasteiger partial charge < -0.3 is 10.8 Å². The van der Waals surface area contributed by atoms with Crippen LogP contribution >= 0.6 is 0 Å². The van der Waals surface area contributed by atoms with E-state index in [1.165, 1.54) is 0 Å². The second-order valence-electron chi connectivity index (χ2n) is 8.54. The molecule has 0 atom stereocenters. The fourth-order valence-electron chi connectivity index (χ4n) is 4.71. The van der Waals surface area contributed by atoms with E-state index in [1.807, 2.05) is 24.4 Å². The van der Waals surface area contributed by atoms with Gasteiger partial charge in [-0.15, -0.1) is 0 Å². The highest BCUT2D eigenvalue weighted by molar-refractivity contribution is 5.91. The van der Waals surface area contributed by atoms with Crippen molar-refractivity contribution in [3.63, 3.8) is 0 Å². The number of nitrogen functional groups attached to an aromatic ring is 1. The summed E-state index contributed by atoms with van der Waals surface area (Å²) < 4.78 is 2.06. The van der Waals surface area contributed by atoms with Gasteiger partial charge in [-0.05, 0) is 30.9 Å². The van der Waals surface area contributed by atoms with Crippen LogP contribution in [0, 0.1) is 5.92 Å². The normalized spacial score (nSPS) is 18.2. The molecule has 3 heterocycles. The average molecular weight is 422 g/mol. The molecule has 6 rings (SSSR count). The van der Waals surface area contributed by atoms with E-state index < -0.39 is 0 Å². The van der Waals surface area contributed by atoms with Crippen molar-refractivity contribution in [2.45, 2.75) is 18.8 Å². The van der Waals surface area contributed by atoms with E-state index in [0.29, 0.717) is 17.7 Å². The van der Waals surface area contributed by atoms with Crippen LogP contribution in [0.3, 0.4) is 0 Å². The van der Waals surface area contributed by atoms with Crippen LogP contribution in [0.4, 0.5) is 5.82 Å². The van der Waals surface area contributed by atoms with E-state index >= 15 is 0 Å².